The Morgan fingerprint density at radius 3 is 2.54 bits per heavy atom. The largest absolute Gasteiger partial charge is 0.497 e. The summed E-state index contributed by atoms with van der Waals surface area (Å²) in [5.74, 6) is -1.43. The van der Waals surface area contributed by atoms with Crippen molar-refractivity contribution in [2.75, 3.05) is 25.7 Å². The summed E-state index contributed by atoms with van der Waals surface area (Å²) in [5, 5.41) is 0.610. The van der Waals surface area contributed by atoms with Crippen LogP contribution in [0.1, 0.15) is 37.4 Å². The Balaban J connectivity index is 1.95. The Labute approximate surface area is 165 Å². The second kappa shape index (κ2) is 7.72. The average Bonchev–Trinajstić information content (AvgIpc) is 3.02. The smallest absolute Gasteiger partial charge is 0.228 e. The van der Waals surface area contributed by atoms with E-state index >= 15 is 0 Å². The van der Waals surface area contributed by atoms with E-state index < -0.39 is 23.2 Å². The van der Waals surface area contributed by atoms with E-state index in [4.69, 9.17) is 9.47 Å². The summed E-state index contributed by atoms with van der Waals surface area (Å²) in [6.07, 6.45) is 0.0731. The van der Waals surface area contributed by atoms with Gasteiger partial charge in [-0.05, 0) is 37.4 Å². The molecule has 2 atom stereocenters. The van der Waals surface area contributed by atoms with Crippen LogP contribution in [0.3, 0.4) is 0 Å². The van der Waals surface area contributed by atoms with Crippen LogP contribution in [0, 0.1) is 11.6 Å². The third-order valence-corrected chi connectivity index (χ3v) is 5.59. The van der Waals surface area contributed by atoms with E-state index in [9.17, 15) is 13.6 Å². The fourth-order valence-electron chi connectivity index (χ4n) is 3.33. The second-order valence-corrected chi connectivity index (χ2v) is 7.86. The van der Waals surface area contributed by atoms with E-state index in [1.807, 2.05) is 0 Å². The molecule has 1 fully saturated rings. The van der Waals surface area contributed by atoms with E-state index in [0.29, 0.717) is 22.3 Å². The molecule has 0 saturated carbocycles. The molecule has 0 spiro atoms. The lowest BCUT2D eigenvalue weighted by Crippen LogP contribution is -2.29. The number of carbonyl (C=O) groups is 1. The Hall–Kier alpha value is -2.11. The summed E-state index contributed by atoms with van der Waals surface area (Å²) in [6.45, 7) is 3.75. The average molecular weight is 408 g/mol. The molecular weight excluding hydrogens is 385 g/mol. The predicted molar refractivity (Wildman–Crippen MR) is 106 cm³/mol. The van der Waals surface area contributed by atoms with Crippen LogP contribution < -0.4 is 14.9 Å². The predicted octanol–water partition coefficient (Wildman–Crippen LogP) is 3.27. The van der Waals surface area contributed by atoms with Gasteiger partial charge in [0.05, 0.1) is 12.8 Å². The maximum Gasteiger partial charge on any atom is 0.228 e. The molecule has 0 radical (unpaired) electrons. The number of carbonyl (C=O) groups excluding carboxylic acids is 1. The van der Waals surface area contributed by atoms with Gasteiger partial charge >= 0.3 is 0 Å². The molecule has 0 aliphatic carbocycles. The number of hydrogen-bond acceptors (Lipinski definition) is 4. The number of pyridine rings is 1. The SMILES string of the molecule is COc1cc(F)c([C@H]2CC(=O)N(c3nc(C(C)(C)OC)ccc3F)C2)c(P)c1. The molecule has 1 unspecified atom stereocenters. The van der Waals surface area contributed by atoms with Gasteiger partial charge < -0.3 is 9.47 Å². The van der Waals surface area contributed by atoms with Crippen LogP contribution in [0.15, 0.2) is 24.3 Å². The van der Waals surface area contributed by atoms with Gasteiger partial charge in [-0.2, -0.15) is 0 Å². The molecule has 1 aliphatic rings. The molecular formula is C20H23F2N2O3P. The normalized spacial score (nSPS) is 17.3. The van der Waals surface area contributed by atoms with Crippen molar-refractivity contribution in [2.24, 2.45) is 0 Å². The van der Waals surface area contributed by atoms with Crippen molar-refractivity contribution >= 4 is 26.3 Å². The van der Waals surface area contributed by atoms with Crippen LogP contribution in [0.5, 0.6) is 5.75 Å². The zero-order valence-electron chi connectivity index (χ0n) is 16.3. The number of anilines is 1. The quantitative estimate of drug-likeness (QED) is 0.713. The molecule has 5 nitrogen and oxygen atoms in total. The van der Waals surface area contributed by atoms with Gasteiger partial charge in [-0.25, -0.2) is 13.8 Å². The van der Waals surface area contributed by atoms with Crippen LogP contribution in [0.25, 0.3) is 0 Å². The van der Waals surface area contributed by atoms with Gasteiger partial charge in [0.1, 0.15) is 17.2 Å². The van der Waals surface area contributed by atoms with Crippen molar-refractivity contribution in [3.8, 4) is 5.75 Å². The highest BCUT2D eigenvalue weighted by atomic mass is 31.0. The molecule has 8 heteroatoms. The molecule has 3 rings (SSSR count). The fraction of sp³-hybridized carbons (Fsp3) is 0.400. The lowest BCUT2D eigenvalue weighted by Gasteiger charge is -2.24. The highest BCUT2D eigenvalue weighted by Gasteiger charge is 2.37. The van der Waals surface area contributed by atoms with Gasteiger partial charge in [0, 0.05) is 37.6 Å². The zero-order valence-corrected chi connectivity index (χ0v) is 17.4. The van der Waals surface area contributed by atoms with Crippen molar-refractivity contribution < 1.29 is 23.0 Å². The molecule has 1 amide bonds. The number of benzene rings is 1. The molecule has 2 aromatic rings. The molecule has 28 heavy (non-hydrogen) atoms. The molecule has 1 aromatic heterocycles. The van der Waals surface area contributed by atoms with Gasteiger partial charge in [-0.1, -0.05) is 0 Å². The molecule has 1 aromatic carbocycles. The monoisotopic (exact) mass is 408 g/mol. The van der Waals surface area contributed by atoms with E-state index in [0.717, 1.165) is 0 Å². The number of rotatable bonds is 5. The van der Waals surface area contributed by atoms with Crippen molar-refractivity contribution in [1.82, 2.24) is 4.98 Å². The zero-order chi connectivity index (χ0) is 20.6. The minimum atomic E-state index is -0.736. The third kappa shape index (κ3) is 3.74. The maximum atomic E-state index is 14.6. The standard InChI is InChI=1S/C20H23F2N2O3P/c1-20(2,27-4)16-6-5-13(21)19(23-16)24-10-11(7-17(24)25)18-14(22)8-12(26-3)9-15(18)28/h5-6,8-9,11H,7,10,28H2,1-4H3/t11-/m0/s1. The Morgan fingerprint density at radius 2 is 1.93 bits per heavy atom. The van der Waals surface area contributed by atoms with Gasteiger partial charge in [-0.3, -0.25) is 9.69 Å². The maximum absolute atomic E-state index is 14.6. The van der Waals surface area contributed by atoms with Crippen molar-refractivity contribution in [2.45, 2.75) is 31.8 Å². The first-order valence-corrected chi connectivity index (χ1v) is 9.41. The summed E-state index contributed by atoms with van der Waals surface area (Å²) >= 11 is 0. The molecule has 150 valence electrons. The van der Waals surface area contributed by atoms with Crippen molar-refractivity contribution in [3.05, 3.63) is 47.2 Å². The number of nitrogens with zero attached hydrogens (tertiary/aromatic N) is 2. The highest BCUT2D eigenvalue weighted by Crippen LogP contribution is 2.35. The second-order valence-electron chi connectivity index (χ2n) is 7.23. The minimum Gasteiger partial charge on any atom is -0.497 e. The Morgan fingerprint density at radius 1 is 1.21 bits per heavy atom. The fourth-order valence-corrected chi connectivity index (χ4v) is 3.87. The van der Waals surface area contributed by atoms with Crippen LogP contribution in [0.2, 0.25) is 0 Å². The van der Waals surface area contributed by atoms with Crippen LogP contribution in [-0.4, -0.2) is 31.7 Å². The molecule has 2 heterocycles. The lowest BCUT2D eigenvalue weighted by molar-refractivity contribution is -0.117. The topological polar surface area (TPSA) is 51.7 Å². The van der Waals surface area contributed by atoms with Crippen LogP contribution >= 0.6 is 9.24 Å². The first-order chi connectivity index (χ1) is 13.2. The summed E-state index contributed by atoms with van der Waals surface area (Å²) in [7, 11) is 5.47. The summed E-state index contributed by atoms with van der Waals surface area (Å²) in [5.41, 5.74) is 0.181. The first-order valence-electron chi connectivity index (χ1n) is 8.83. The van der Waals surface area contributed by atoms with Gasteiger partial charge in [0.15, 0.2) is 11.6 Å². The van der Waals surface area contributed by atoms with Crippen molar-refractivity contribution in [3.63, 3.8) is 0 Å². The summed E-state index contributed by atoms with van der Waals surface area (Å²) in [4.78, 5) is 18.2. The first kappa shape index (κ1) is 20.6. The number of aromatic nitrogens is 1. The highest BCUT2D eigenvalue weighted by molar-refractivity contribution is 7.27. The third-order valence-electron chi connectivity index (χ3n) is 5.11. The molecule has 0 bridgehead atoms. The minimum absolute atomic E-state index is 0.0608. The summed E-state index contributed by atoms with van der Waals surface area (Å²) in [6, 6.07) is 5.78. The number of halogens is 2. The number of methoxy groups -OCH3 is 2. The lowest BCUT2D eigenvalue weighted by atomic mass is 9.97. The van der Waals surface area contributed by atoms with E-state index in [2.05, 4.69) is 14.2 Å². The van der Waals surface area contributed by atoms with E-state index in [1.165, 1.54) is 37.3 Å². The van der Waals surface area contributed by atoms with E-state index in [1.54, 1.807) is 19.9 Å². The van der Waals surface area contributed by atoms with E-state index in [-0.39, 0.29) is 24.7 Å². The van der Waals surface area contributed by atoms with Gasteiger partial charge in [0.2, 0.25) is 5.91 Å². The molecule has 0 N–H and O–H groups in total. The number of amides is 1. The number of hydrogen-bond donors (Lipinski definition) is 0. The Kier molecular flexibility index (Phi) is 5.69. The number of ether oxygens (including phenoxy) is 2. The summed E-state index contributed by atoms with van der Waals surface area (Å²) < 4.78 is 39.6. The van der Waals surface area contributed by atoms with Crippen molar-refractivity contribution in [1.29, 1.82) is 0 Å². The molecule has 1 aliphatic heterocycles. The van der Waals surface area contributed by atoms with Crippen LogP contribution in [0.4, 0.5) is 14.6 Å². The van der Waals surface area contributed by atoms with Gasteiger partial charge in [0.25, 0.3) is 0 Å². The molecule has 1 saturated heterocycles. The van der Waals surface area contributed by atoms with Crippen LogP contribution in [-0.2, 0) is 15.1 Å². The van der Waals surface area contributed by atoms with Gasteiger partial charge in [-0.15, -0.1) is 9.24 Å². The Bertz CT molecular complexity index is 897.